The van der Waals surface area contributed by atoms with E-state index >= 15 is 0 Å². The fraction of sp³-hybridized carbons (Fsp3) is 0.364. The molecule has 1 rings (SSSR count). The highest BCUT2D eigenvalue weighted by Gasteiger charge is 2.42. The fourth-order valence-corrected chi connectivity index (χ4v) is 1.83. The number of carbonyl (C=O) groups is 1. The van der Waals surface area contributed by atoms with Gasteiger partial charge in [0.25, 0.3) is 0 Å². The molecule has 1 aromatic carbocycles. The largest absolute Gasteiger partial charge is 0.497 e. The van der Waals surface area contributed by atoms with Gasteiger partial charge in [-0.25, -0.2) is 4.79 Å². The molecule has 94 valence electrons. The van der Waals surface area contributed by atoms with E-state index in [-0.39, 0.29) is 23.3 Å². The highest BCUT2D eigenvalue weighted by Crippen LogP contribution is 2.37. The van der Waals surface area contributed by atoms with Gasteiger partial charge in [0.05, 0.1) is 13.7 Å². The van der Waals surface area contributed by atoms with E-state index in [0.717, 1.165) is 0 Å². The summed E-state index contributed by atoms with van der Waals surface area (Å²) in [5, 5.41) is -3.59. The lowest BCUT2D eigenvalue weighted by atomic mass is 10.3. The molecule has 3 nitrogen and oxygen atoms in total. The van der Waals surface area contributed by atoms with E-state index in [4.69, 9.17) is 4.74 Å². The van der Waals surface area contributed by atoms with Crippen LogP contribution in [0.2, 0.25) is 0 Å². The Bertz CT molecular complexity index is 396. The number of rotatable bonds is 5. The molecule has 0 bridgehead atoms. The van der Waals surface area contributed by atoms with Crippen LogP contribution in [0.4, 0.5) is 8.78 Å². The summed E-state index contributed by atoms with van der Waals surface area (Å²) in [4.78, 5) is 11.2. The van der Waals surface area contributed by atoms with Gasteiger partial charge in [0.15, 0.2) is 0 Å². The third-order valence-electron chi connectivity index (χ3n) is 1.80. The summed E-state index contributed by atoms with van der Waals surface area (Å²) in [6, 6.07) is 6.10. The lowest BCUT2D eigenvalue weighted by molar-refractivity contribution is -0.159. The number of hydrogen-bond donors (Lipinski definition) is 0. The fourth-order valence-electron chi connectivity index (χ4n) is 1.07. The SMILES string of the molecule is CCOC(=O)C(F)(F)Sc1cccc(OC)c1. The van der Waals surface area contributed by atoms with Gasteiger partial charge >= 0.3 is 11.2 Å². The molecule has 0 spiro atoms. The Kier molecular flexibility index (Phi) is 4.74. The Morgan fingerprint density at radius 2 is 2.18 bits per heavy atom. The molecule has 0 N–H and O–H groups in total. The molecular weight excluding hydrogens is 250 g/mol. The van der Waals surface area contributed by atoms with E-state index in [9.17, 15) is 13.6 Å². The minimum absolute atomic E-state index is 0.0763. The maximum absolute atomic E-state index is 13.4. The molecule has 0 amide bonds. The van der Waals surface area contributed by atoms with Crippen LogP contribution in [0.15, 0.2) is 29.2 Å². The van der Waals surface area contributed by atoms with Gasteiger partial charge in [-0.15, -0.1) is 0 Å². The minimum atomic E-state index is -3.59. The molecule has 0 saturated carbocycles. The topological polar surface area (TPSA) is 35.5 Å². The minimum Gasteiger partial charge on any atom is -0.497 e. The summed E-state index contributed by atoms with van der Waals surface area (Å²) in [6.07, 6.45) is 0. The summed E-state index contributed by atoms with van der Waals surface area (Å²) >= 11 is 0.136. The molecule has 0 aliphatic heterocycles. The highest BCUT2D eigenvalue weighted by atomic mass is 32.2. The average molecular weight is 262 g/mol. The zero-order valence-electron chi connectivity index (χ0n) is 9.41. The predicted octanol–water partition coefficient (Wildman–Crippen LogP) is 2.94. The predicted molar refractivity (Wildman–Crippen MR) is 60.4 cm³/mol. The summed E-state index contributed by atoms with van der Waals surface area (Å²) in [6.45, 7) is 1.40. The molecule has 0 fully saturated rings. The number of thioether (sulfide) groups is 1. The highest BCUT2D eigenvalue weighted by molar-refractivity contribution is 8.01. The van der Waals surface area contributed by atoms with Crippen molar-refractivity contribution in [2.45, 2.75) is 17.1 Å². The number of benzene rings is 1. The second kappa shape index (κ2) is 5.86. The number of hydrogen-bond acceptors (Lipinski definition) is 4. The van der Waals surface area contributed by atoms with Crippen molar-refractivity contribution in [3.8, 4) is 5.75 Å². The van der Waals surface area contributed by atoms with Crippen molar-refractivity contribution in [2.75, 3.05) is 13.7 Å². The smallest absolute Gasteiger partial charge is 0.393 e. The second-order valence-electron chi connectivity index (χ2n) is 3.02. The van der Waals surface area contributed by atoms with Crippen molar-refractivity contribution in [1.82, 2.24) is 0 Å². The first kappa shape index (κ1) is 13.8. The lowest BCUT2D eigenvalue weighted by Crippen LogP contribution is -2.26. The van der Waals surface area contributed by atoms with Gasteiger partial charge < -0.3 is 9.47 Å². The average Bonchev–Trinajstić information content (AvgIpc) is 2.29. The Balaban J connectivity index is 2.78. The van der Waals surface area contributed by atoms with Crippen LogP contribution >= 0.6 is 11.8 Å². The number of alkyl halides is 2. The number of carbonyl (C=O) groups excluding carboxylic acids is 1. The van der Waals surface area contributed by atoms with Crippen LogP contribution in [0, 0.1) is 0 Å². The standard InChI is InChI=1S/C11H12F2O3S/c1-3-16-10(14)11(12,13)17-9-6-4-5-8(7-9)15-2/h4-7H,3H2,1-2H3. The van der Waals surface area contributed by atoms with Crippen LogP contribution in [0.25, 0.3) is 0 Å². The van der Waals surface area contributed by atoms with Crippen LogP contribution in [-0.2, 0) is 9.53 Å². The summed E-state index contributed by atoms with van der Waals surface area (Å²) in [5.41, 5.74) is 0. The molecule has 0 heterocycles. The van der Waals surface area contributed by atoms with Gasteiger partial charge in [-0.2, -0.15) is 8.78 Å². The third kappa shape index (κ3) is 3.89. The number of esters is 1. The molecule has 0 atom stereocenters. The van der Waals surface area contributed by atoms with Gasteiger partial charge in [-0.1, -0.05) is 6.07 Å². The molecule has 0 aliphatic rings. The van der Waals surface area contributed by atoms with Crippen LogP contribution < -0.4 is 4.74 Å². The van der Waals surface area contributed by atoms with E-state index in [2.05, 4.69) is 4.74 Å². The Morgan fingerprint density at radius 3 is 2.76 bits per heavy atom. The normalized spacial score (nSPS) is 11.1. The van der Waals surface area contributed by atoms with E-state index in [1.165, 1.54) is 26.2 Å². The van der Waals surface area contributed by atoms with Crippen molar-refractivity contribution in [3.63, 3.8) is 0 Å². The van der Waals surface area contributed by atoms with Gasteiger partial charge in [-0.3, -0.25) is 0 Å². The molecule has 0 radical (unpaired) electrons. The van der Waals surface area contributed by atoms with Crippen molar-refractivity contribution in [2.24, 2.45) is 0 Å². The summed E-state index contributed by atoms with van der Waals surface area (Å²) < 4.78 is 35.9. The van der Waals surface area contributed by atoms with Crippen molar-refractivity contribution in [1.29, 1.82) is 0 Å². The van der Waals surface area contributed by atoms with E-state index in [0.29, 0.717) is 5.75 Å². The van der Waals surface area contributed by atoms with Crippen LogP contribution in [0.5, 0.6) is 5.75 Å². The van der Waals surface area contributed by atoms with E-state index < -0.39 is 11.2 Å². The molecule has 0 saturated heterocycles. The Morgan fingerprint density at radius 1 is 1.47 bits per heavy atom. The van der Waals surface area contributed by atoms with Gasteiger partial charge in [-0.05, 0) is 36.9 Å². The second-order valence-corrected chi connectivity index (χ2v) is 4.21. The zero-order chi connectivity index (χ0) is 12.9. The van der Waals surface area contributed by atoms with Gasteiger partial charge in [0.2, 0.25) is 0 Å². The molecular formula is C11H12F2O3S. The molecule has 0 aliphatic carbocycles. The maximum Gasteiger partial charge on any atom is 0.393 e. The van der Waals surface area contributed by atoms with Crippen molar-refractivity contribution < 1.29 is 23.0 Å². The monoisotopic (exact) mass is 262 g/mol. The first-order valence-electron chi connectivity index (χ1n) is 4.87. The number of methoxy groups -OCH3 is 1. The quantitative estimate of drug-likeness (QED) is 0.603. The van der Waals surface area contributed by atoms with Gasteiger partial charge in [0.1, 0.15) is 5.75 Å². The maximum atomic E-state index is 13.4. The zero-order valence-corrected chi connectivity index (χ0v) is 10.2. The van der Waals surface area contributed by atoms with E-state index in [1.807, 2.05) is 0 Å². The van der Waals surface area contributed by atoms with Crippen LogP contribution in [0.3, 0.4) is 0 Å². The van der Waals surface area contributed by atoms with Crippen molar-refractivity contribution in [3.05, 3.63) is 24.3 Å². The summed E-state index contributed by atoms with van der Waals surface area (Å²) in [5.74, 6) is -1.08. The Labute approximate surface area is 102 Å². The van der Waals surface area contributed by atoms with E-state index in [1.54, 1.807) is 12.1 Å². The first-order valence-corrected chi connectivity index (χ1v) is 5.69. The first-order chi connectivity index (χ1) is 7.99. The number of ether oxygens (including phenoxy) is 2. The van der Waals surface area contributed by atoms with Crippen LogP contribution in [0.1, 0.15) is 6.92 Å². The molecule has 6 heteroatoms. The molecule has 17 heavy (non-hydrogen) atoms. The molecule has 1 aromatic rings. The number of halogens is 2. The van der Waals surface area contributed by atoms with Gasteiger partial charge in [0, 0.05) is 4.90 Å². The third-order valence-corrected chi connectivity index (χ3v) is 2.71. The van der Waals surface area contributed by atoms with Crippen LogP contribution in [-0.4, -0.2) is 24.9 Å². The Hall–Kier alpha value is -1.30. The summed E-state index contributed by atoms with van der Waals surface area (Å²) in [7, 11) is 1.44. The van der Waals surface area contributed by atoms with Crippen molar-refractivity contribution >= 4 is 17.7 Å². The molecule has 0 unspecified atom stereocenters. The molecule has 0 aromatic heterocycles. The lowest BCUT2D eigenvalue weighted by Gasteiger charge is -2.14.